The van der Waals surface area contributed by atoms with E-state index < -0.39 is 58.7 Å². The first-order valence-corrected chi connectivity index (χ1v) is 12.1. The lowest BCUT2D eigenvalue weighted by molar-refractivity contribution is -0.184. The Hall–Kier alpha value is -3.12. The maximum Gasteiger partial charge on any atom is 0.230 e. The molecule has 3 aliphatic rings. The molecule has 0 spiro atoms. The lowest BCUT2D eigenvalue weighted by Crippen LogP contribution is -2.73. The van der Waals surface area contributed by atoms with Crippen molar-refractivity contribution in [1.29, 1.82) is 0 Å². The van der Waals surface area contributed by atoms with Crippen LogP contribution >= 0.6 is 0 Å². The molecule has 11 heteroatoms. The molecule has 6 atom stereocenters. The molecule has 3 aliphatic carbocycles. The molecule has 2 fully saturated rings. The van der Waals surface area contributed by atoms with Gasteiger partial charge in [-0.2, -0.15) is 0 Å². The van der Waals surface area contributed by atoms with E-state index in [0.717, 1.165) is 0 Å². The Balaban J connectivity index is 1.87. The molecule has 1 aromatic carbocycles. The molecular formula is C26H33N3O8. The van der Waals surface area contributed by atoms with Crippen LogP contribution in [0, 0.1) is 17.8 Å². The van der Waals surface area contributed by atoms with E-state index in [-0.39, 0.29) is 41.9 Å². The van der Waals surface area contributed by atoms with E-state index in [9.17, 15) is 39.6 Å². The van der Waals surface area contributed by atoms with E-state index >= 15 is 0 Å². The van der Waals surface area contributed by atoms with Gasteiger partial charge in [-0.05, 0) is 64.6 Å². The van der Waals surface area contributed by atoms with Crippen LogP contribution in [0.2, 0.25) is 0 Å². The van der Waals surface area contributed by atoms with Gasteiger partial charge in [0.2, 0.25) is 11.7 Å². The predicted octanol–water partition coefficient (Wildman–Crippen LogP) is -0.737. The van der Waals surface area contributed by atoms with Crippen molar-refractivity contribution in [2.45, 2.75) is 37.0 Å². The molecule has 2 unspecified atom stereocenters. The van der Waals surface area contributed by atoms with Gasteiger partial charge in [-0.15, -0.1) is 0 Å². The minimum Gasteiger partial charge on any atom is -0.507 e. The fourth-order valence-corrected chi connectivity index (χ4v) is 6.33. The van der Waals surface area contributed by atoms with Gasteiger partial charge in [0, 0.05) is 36.1 Å². The lowest BCUT2D eigenvalue weighted by Gasteiger charge is -2.53. The number of nitrogens with zero attached hydrogens (tertiary/aromatic N) is 2. The van der Waals surface area contributed by atoms with Crippen molar-refractivity contribution in [3.05, 3.63) is 34.4 Å². The summed E-state index contributed by atoms with van der Waals surface area (Å²) in [6.07, 6.45) is -1.26. The van der Waals surface area contributed by atoms with Gasteiger partial charge in [0.1, 0.15) is 17.4 Å². The summed E-state index contributed by atoms with van der Waals surface area (Å²) in [4.78, 5) is 55.6. The zero-order valence-electron chi connectivity index (χ0n) is 21.3. The highest BCUT2D eigenvalue weighted by Gasteiger charge is 2.67. The molecule has 0 radical (unpaired) electrons. The van der Waals surface area contributed by atoms with Gasteiger partial charge in [0.15, 0.2) is 17.2 Å². The highest BCUT2D eigenvalue weighted by atomic mass is 16.3. The first-order chi connectivity index (χ1) is 17.2. The van der Waals surface area contributed by atoms with Gasteiger partial charge in [-0.3, -0.25) is 19.2 Å². The standard InChI is InChI=1S/C26H33N3O8/c1-28(2)8-7-15(30)12-5-6-16(31)18-13(12)9-11-10-14-20(29(3)4)22(33)19(25(27)36)24(35)26(14,37)23(34)17(11)21(18)32/h5-6,11,14,19-20,22,31-33,37H,7-10H2,1-4H3,(H2,27,36)/t11-,14-,19?,20-,22?,26-/m1/s1. The largest absolute Gasteiger partial charge is 0.507 e. The number of benzene rings is 1. The number of hydrogen-bond acceptors (Lipinski definition) is 10. The first kappa shape index (κ1) is 26.9. The zero-order valence-corrected chi connectivity index (χ0v) is 21.3. The van der Waals surface area contributed by atoms with E-state index in [1.807, 2.05) is 19.0 Å². The van der Waals surface area contributed by atoms with Crippen LogP contribution in [0.5, 0.6) is 5.75 Å². The molecule has 0 saturated heterocycles. The summed E-state index contributed by atoms with van der Waals surface area (Å²) in [5.41, 5.74) is 3.03. The third-order valence-electron chi connectivity index (χ3n) is 8.06. The number of aliphatic hydroxyl groups excluding tert-OH is 2. The number of amides is 1. The number of ketones is 3. The van der Waals surface area contributed by atoms with Gasteiger partial charge >= 0.3 is 0 Å². The number of hydrogen-bond donors (Lipinski definition) is 5. The normalized spacial score (nSPS) is 31.3. The van der Waals surface area contributed by atoms with Crippen molar-refractivity contribution in [3.8, 4) is 5.75 Å². The predicted molar refractivity (Wildman–Crippen MR) is 132 cm³/mol. The Kier molecular flexibility index (Phi) is 6.78. The van der Waals surface area contributed by atoms with Crippen LogP contribution in [-0.4, -0.2) is 106 Å². The minimum absolute atomic E-state index is 0.000807. The van der Waals surface area contributed by atoms with Crippen LogP contribution in [0.1, 0.15) is 34.3 Å². The SMILES string of the molecule is CN(C)CCC(=O)c1ccc(O)c2c1C[C@@H]1C[C@@H]3[C@@H](N(C)C)C(O)C(C(N)=O)C(=O)[C@]3(O)C(=O)C1=C2O. The summed E-state index contributed by atoms with van der Waals surface area (Å²) < 4.78 is 0. The van der Waals surface area contributed by atoms with E-state index in [1.165, 1.54) is 17.0 Å². The average Bonchev–Trinajstić information content (AvgIpc) is 2.79. The third-order valence-corrected chi connectivity index (χ3v) is 8.06. The molecule has 2 saturated carbocycles. The zero-order chi connectivity index (χ0) is 27.6. The van der Waals surface area contributed by atoms with Crippen LogP contribution in [0.4, 0.5) is 0 Å². The molecule has 1 aromatic rings. The van der Waals surface area contributed by atoms with E-state index in [4.69, 9.17) is 5.73 Å². The van der Waals surface area contributed by atoms with Crippen molar-refractivity contribution in [1.82, 2.24) is 9.80 Å². The molecule has 11 nitrogen and oxygen atoms in total. The number of fused-ring (bicyclic) bond motifs is 3. The summed E-state index contributed by atoms with van der Waals surface area (Å²) in [5.74, 6) is -8.26. The molecule has 6 N–H and O–H groups in total. The van der Waals surface area contributed by atoms with E-state index in [1.54, 1.807) is 14.1 Å². The summed E-state index contributed by atoms with van der Waals surface area (Å²) in [5, 5.41) is 44.3. The maximum atomic E-state index is 13.8. The lowest BCUT2D eigenvalue weighted by atomic mass is 9.54. The second kappa shape index (κ2) is 9.32. The Labute approximate surface area is 214 Å². The molecule has 4 rings (SSSR count). The summed E-state index contributed by atoms with van der Waals surface area (Å²) in [6, 6.07) is 1.77. The number of Topliss-reactive ketones (excluding diaryl/α,β-unsaturated/α-hetero) is 3. The molecule has 37 heavy (non-hydrogen) atoms. The van der Waals surface area contributed by atoms with Crippen molar-refractivity contribution >= 4 is 29.0 Å². The first-order valence-electron chi connectivity index (χ1n) is 12.1. The molecule has 0 aliphatic heterocycles. The van der Waals surface area contributed by atoms with Crippen molar-refractivity contribution in [2.24, 2.45) is 23.5 Å². The fraction of sp³-hybridized carbons (Fsp3) is 0.538. The summed E-state index contributed by atoms with van der Waals surface area (Å²) in [7, 11) is 6.84. The second-order valence-electron chi connectivity index (χ2n) is 10.8. The van der Waals surface area contributed by atoms with Gasteiger partial charge in [0.25, 0.3) is 0 Å². The topological polar surface area (TPSA) is 182 Å². The summed E-state index contributed by atoms with van der Waals surface area (Å²) in [6.45, 7) is 0.490. The smallest absolute Gasteiger partial charge is 0.230 e. The highest BCUT2D eigenvalue weighted by Crippen LogP contribution is 2.52. The number of carbonyl (C=O) groups is 4. The number of phenolic OH excluding ortho intramolecular Hbond substituents is 1. The Morgan fingerprint density at radius 1 is 1.14 bits per heavy atom. The number of likely N-dealkylation sites (N-methyl/N-ethyl adjacent to an activating group) is 1. The van der Waals surface area contributed by atoms with Gasteiger partial charge in [-0.25, -0.2) is 0 Å². The number of aliphatic hydroxyl groups is 3. The average molecular weight is 516 g/mol. The van der Waals surface area contributed by atoms with Crippen molar-refractivity contribution in [2.75, 3.05) is 34.7 Å². The van der Waals surface area contributed by atoms with Crippen LogP contribution in [0.25, 0.3) is 5.76 Å². The minimum atomic E-state index is -2.71. The van der Waals surface area contributed by atoms with E-state index in [0.29, 0.717) is 17.7 Å². The van der Waals surface area contributed by atoms with Gasteiger partial charge in [0.05, 0.1) is 11.7 Å². The van der Waals surface area contributed by atoms with Crippen LogP contribution in [0.15, 0.2) is 17.7 Å². The van der Waals surface area contributed by atoms with Crippen molar-refractivity contribution in [3.63, 3.8) is 0 Å². The maximum absolute atomic E-state index is 13.8. The fourth-order valence-electron chi connectivity index (χ4n) is 6.33. The van der Waals surface area contributed by atoms with Gasteiger partial charge < -0.3 is 36.0 Å². The number of nitrogens with two attached hydrogens (primary N) is 1. The van der Waals surface area contributed by atoms with Gasteiger partial charge in [-0.1, -0.05) is 0 Å². The van der Waals surface area contributed by atoms with Crippen LogP contribution < -0.4 is 5.73 Å². The number of carbonyl (C=O) groups excluding carboxylic acids is 4. The van der Waals surface area contributed by atoms with E-state index in [2.05, 4.69) is 0 Å². The van der Waals surface area contributed by atoms with Crippen LogP contribution in [0.3, 0.4) is 0 Å². The molecule has 1 amide bonds. The molecule has 0 aromatic heterocycles. The molecular weight excluding hydrogens is 482 g/mol. The second-order valence-corrected chi connectivity index (χ2v) is 10.8. The molecule has 0 heterocycles. The Morgan fingerprint density at radius 2 is 1.78 bits per heavy atom. The number of primary amides is 1. The van der Waals surface area contributed by atoms with Crippen molar-refractivity contribution < 1.29 is 39.6 Å². The molecule has 200 valence electrons. The monoisotopic (exact) mass is 515 g/mol. The Morgan fingerprint density at radius 3 is 2.35 bits per heavy atom. The quantitative estimate of drug-likeness (QED) is 0.239. The number of aromatic hydroxyl groups is 1. The molecule has 0 bridgehead atoms. The summed E-state index contributed by atoms with van der Waals surface area (Å²) >= 11 is 0. The highest BCUT2D eigenvalue weighted by molar-refractivity contribution is 6.25. The number of rotatable bonds is 6. The number of phenols is 1. The Bertz CT molecular complexity index is 1220. The van der Waals surface area contributed by atoms with Crippen LogP contribution in [-0.2, 0) is 20.8 Å². The third kappa shape index (κ3) is 3.97.